The number of anilines is 5. The van der Waals surface area contributed by atoms with Gasteiger partial charge in [-0.15, -0.1) is 0 Å². The van der Waals surface area contributed by atoms with E-state index >= 15 is 0 Å². The van der Waals surface area contributed by atoms with Gasteiger partial charge in [-0.25, -0.2) is 33.6 Å². The van der Waals surface area contributed by atoms with Gasteiger partial charge in [0.1, 0.15) is 40.7 Å². The quantitative estimate of drug-likeness (QED) is 0.0238. The maximum absolute atomic E-state index is 14.2. The molecule has 32 heteroatoms. The van der Waals surface area contributed by atoms with E-state index in [0.29, 0.717) is 81.9 Å². The topological polar surface area (TPSA) is 305 Å². The van der Waals surface area contributed by atoms with Crippen LogP contribution in [0.15, 0.2) is 236 Å². The minimum absolute atomic E-state index is 0.155. The van der Waals surface area contributed by atoms with E-state index in [4.69, 9.17) is 11.6 Å². The van der Waals surface area contributed by atoms with Gasteiger partial charge in [0.2, 0.25) is 5.56 Å². The number of hydrogen-bond donors (Lipinski definition) is 7. The fourth-order valence-corrected chi connectivity index (χ4v) is 13.0. The number of nitrogens with one attached hydrogen (secondary N) is 6. The van der Waals surface area contributed by atoms with Gasteiger partial charge >= 0.3 is 0 Å². The molecule has 1 fully saturated rings. The van der Waals surface area contributed by atoms with Crippen LogP contribution in [0.5, 0.6) is 0 Å². The highest BCUT2D eigenvalue weighted by molar-refractivity contribution is 9.11. The van der Waals surface area contributed by atoms with Crippen LogP contribution in [0.25, 0.3) is 61.2 Å². The summed E-state index contributed by atoms with van der Waals surface area (Å²) >= 11 is 13.9. The molecule has 3 aromatic carbocycles. The maximum atomic E-state index is 14.2. The van der Waals surface area contributed by atoms with Gasteiger partial charge < -0.3 is 47.1 Å². The van der Waals surface area contributed by atoms with Crippen molar-refractivity contribution in [1.82, 2.24) is 68.4 Å². The number of halogens is 6. The van der Waals surface area contributed by atoms with Crippen molar-refractivity contribution in [2.24, 2.45) is 5.92 Å². The van der Waals surface area contributed by atoms with Gasteiger partial charge in [-0.2, -0.15) is 47.9 Å². The maximum Gasteiger partial charge on any atom is 0.247 e. The Morgan fingerprint density at radius 2 is 1.07 bits per heavy atom. The molecule has 0 bridgehead atoms. The Morgan fingerprint density at radius 3 is 1.60 bits per heavy atom. The predicted molar refractivity (Wildman–Crippen MR) is 413 cm³/mol. The molecular formula is C74H62Br4F2N22O4. The second-order valence-corrected chi connectivity index (χ2v) is 27.5. The van der Waals surface area contributed by atoms with Crippen LogP contribution in [0.2, 0.25) is 0 Å². The Labute approximate surface area is 636 Å². The molecule has 0 spiro atoms. The van der Waals surface area contributed by atoms with E-state index in [9.17, 15) is 29.1 Å². The van der Waals surface area contributed by atoms with Crippen LogP contribution in [0, 0.1) is 34.5 Å². The standard InChI is InChI=1S/C19H13BrN6O.C19H23BrN6O.2C18H13BrFN5O/c1-21-15-6-2-5-14(8-15)17-9-18(26-19(24-17)16(20)11-23-26)22-10-13-4-3-7-25(27)12-13;20-15-11-23-26-18(22-10-13-4-3-7-21-9-13)8-17(25-19(15)26)24-16-6-2-1-5-14(16)12-27;19-15-10-22-25-17(21-9-12-2-1-7-24(26)11-12)8-16(23-18(15)25)13-3-5-14(20)6-4-13;19-13-10-23-25-16(21-8-11-5-6-17(26)22-9-11)7-15(24-18(13)25)12-3-1-2-4-14(12)20/h2-9,11-12,22H,10H2;3-4,7-9,11,14,16,22,27H,1-2,5-6,10,12H2,(H,24,25);1-8,10-11,21H,9H2;1-7,9-10,21H,8H2,(H,22,26)/t;14-,16-;;/m.1../s1. The number of rotatable bonds is 18. The lowest BCUT2D eigenvalue weighted by molar-refractivity contribution is -0.606. The molecule has 7 N–H and O–H groups in total. The first kappa shape index (κ1) is 72.7. The molecule has 1 aliphatic rings. The zero-order chi connectivity index (χ0) is 73.6. The van der Waals surface area contributed by atoms with E-state index in [2.05, 4.69) is 140 Å². The molecule has 106 heavy (non-hydrogen) atoms. The highest BCUT2D eigenvalue weighted by Gasteiger charge is 2.26. The van der Waals surface area contributed by atoms with Gasteiger partial charge in [0.15, 0.2) is 53.1 Å². The van der Waals surface area contributed by atoms with Crippen LogP contribution >= 0.6 is 63.7 Å². The summed E-state index contributed by atoms with van der Waals surface area (Å²) < 4.78 is 38.8. The first-order chi connectivity index (χ1) is 51.6. The molecule has 12 aromatic heterocycles. The Balaban J connectivity index is 0.000000125. The highest BCUT2D eigenvalue weighted by atomic mass is 79.9. The van der Waals surface area contributed by atoms with Gasteiger partial charge in [-0.1, -0.05) is 55.3 Å². The van der Waals surface area contributed by atoms with E-state index in [1.807, 2.05) is 60.8 Å². The lowest BCUT2D eigenvalue weighted by atomic mass is 9.85. The fraction of sp³-hybridized carbons (Fsp3) is 0.149. The predicted octanol–water partition coefficient (Wildman–Crippen LogP) is 14.6. The fourth-order valence-electron chi connectivity index (χ4n) is 11.6. The molecule has 0 radical (unpaired) electrons. The molecule has 2 atom stereocenters. The van der Waals surface area contributed by atoms with Gasteiger partial charge in [-0.3, -0.25) is 9.78 Å². The summed E-state index contributed by atoms with van der Waals surface area (Å²) in [5.41, 5.74) is 10.7. The second kappa shape index (κ2) is 33.9. The zero-order valence-electron chi connectivity index (χ0n) is 55.8. The molecule has 0 amide bonds. The van der Waals surface area contributed by atoms with E-state index in [-0.39, 0.29) is 35.8 Å². The molecule has 0 saturated heterocycles. The summed E-state index contributed by atoms with van der Waals surface area (Å²) in [5.74, 6) is 3.38. The van der Waals surface area contributed by atoms with Crippen molar-refractivity contribution >= 4 is 121 Å². The van der Waals surface area contributed by atoms with Crippen LogP contribution in [-0.2, 0) is 26.2 Å². The number of benzene rings is 3. The summed E-state index contributed by atoms with van der Waals surface area (Å²) in [4.78, 5) is 40.0. The average molecular weight is 1680 g/mol. The molecular weight excluding hydrogens is 1620 g/mol. The molecule has 0 unspecified atom stereocenters. The summed E-state index contributed by atoms with van der Waals surface area (Å²) in [6.07, 6.45) is 22.4. The Bertz CT molecular complexity index is 5680. The van der Waals surface area contributed by atoms with Crippen molar-refractivity contribution in [1.29, 1.82) is 0 Å². The van der Waals surface area contributed by atoms with Crippen LogP contribution in [-0.4, -0.2) is 86.1 Å². The number of aliphatic hydroxyl groups is 1. The lowest BCUT2D eigenvalue weighted by Gasteiger charge is -2.31. The minimum atomic E-state index is -0.341. The highest BCUT2D eigenvalue weighted by Crippen LogP contribution is 2.33. The number of nitrogens with zero attached hydrogens (tertiary/aromatic N) is 16. The van der Waals surface area contributed by atoms with Crippen molar-refractivity contribution in [2.45, 2.75) is 57.9 Å². The van der Waals surface area contributed by atoms with Crippen LogP contribution in [0.3, 0.4) is 0 Å². The van der Waals surface area contributed by atoms with Crippen LogP contribution in [0.4, 0.5) is 43.6 Å². The largest absolute Gasteiger partial charge is 0.619 e. The molecule has 26 nitrogen and oxygen atoms in total. The number of H-pyrrole nitrogens is 1. The Morgan fingerprint density at radius 1 is 0.547 bits per heavy atom. The number of aliphatic hydroxyl groups excluding tert-OH is 1. The summed E-state index contributed by atoms with van der Waals surface area (Å²) in [5, 5.41) is 66.7. The van der Waals surface area contributed by atoms with E-state index < -0.39 is 0 Å². The SMILES string of the molecule is O=c1ccc(CNc2cc(-c3ccccc3F)nc3c(Br)cnn23)c[nH]1.OC[C@H]1CCCC[C@H]1Nc1cc(NCc2cccnc2)n2ncc(Br)c2n1.[C-]#[N+]c1cccc(-c2cc(NCc3ccc[n+]([O-])c3)n3ncc(Br)c3n2)c1.[O-][n+]1cccc(CNc2cc(-c3ccc(F)cc3)nc3c(Br)cnn23)c1. The second-order valence-electron chi connectivity index (χ2n) is 24.1. The third-order valence-electron chi connectivity index (χ3n) is 16.9. The van der Waals surface area contributed by atoms with Crippen LogP contribution in [0.1, 0.15) is 47.9 Å². The molecule has 1 saturated carbocycles. The first-order valence-corrected chi connectivity index (χ1v) is 36.2. The zero-order valence-corrected chi connectivity index (χ0v) is 62.2. The van der Waals surface area contributed by atoms with Gasteiger partial charge in [0, 0.05) is 128 Å². The molecule has 534 valence electrons. The number of aromatic amines is 1. The molecule has 16 rings (SSSR count). The minimum Gasteiger partial charge on any atom is -0.619 e. The molecule has 0 aliphatic heterocycles. The van der Waals surface area contributed by atoms with Crippen molar-refractivity contribution in [2.75, 3.05) is 33.2 Å². The van der Waals surface area contributed by atoms with Gasteiger partial charge in [0.05, 0.1) is 66.3 Å². The lowest BCUT2D eigenvalue weighted by Crippen LogP contribution is -2.34. The Hall–Kier alpha value is -11.6. The summed E-state index contributed by atoms with van der Waals surface area (Å²) in [6.45, 7) is 9.43. The third-order valence-corrected chi connectivity index (χ3v) is 19.1. The summed E-state index contributed by atoms with van der Waals surface area (Å²) in [6, 6.07) is 42.0. The van der Waals surface area contributed by atoms with Crippen LogP contribution < -0.4 is 41.6 Å². The number of hydrogen-bond acceptors (Lipinski definition) is 18. The average Bonchev–Trinajstić information content (AvgIpc) is 1.61. The van der Waals surface area contributed by atoms with E-state index in [1.54, 1.807) is 122 Å². The smallest absolute Gasteiger partial charge is 0.247 e. The summed E-state index contributed by atoms with van der Waals surface area (Å²) in [7, 11) is 0. The molecule has 12 heterocycles. The number of fused-ring (bicyclic) bond motifs is 4. The monoisotopic (exact) mass is 1680 g/mol. The third kappa shape index (κ3) is 17.8. The van der Waals surface area contributed by atoms with E-state index in [1.165, 1.54) is 61.9 Å². The normalized spacial score (nSPS) is 13.2. The van der Waals surface area contributed by atoms with Gasteiger partial charge in [-0.05, 0) is 154 Å². The van der Waals surface area contributed by atoms with Gasteiger partial charge in [0.25, 0.3) is 0 Å². The molecule has 15 aromatic rings. The first-order valence-electron chi connectivity index (χ1n) is 33.0. The van der Waals surface area contributed by atoms with E-state index in [0.717, 1.165) is 97.9 Å². The van der Waals surface area contributed by atoms with Crippen molar-refractivity contribution in [3.63, 3.8) is 0 Å². The number of pyridine rings is 4. The van der Waals surface area contributed by atoms with Crippen molar-refractivity contribution < 1.29 is 23.3 Å². The van der Waals surface area contributed by atoms with Crippen molar-refractivity contribution in [3.8, 4) is 33.8 Å². The number of aromatic nitrogens is 16. The Kier molecular flexibility index (Phi) is 23.2. The molecule has 1 aliphatic carbocycles. The van der Waals surface area contributed by atoms with Crippen molar-refractivity contribution in [3.05, 3.63) is 298 Å².